The van der Waals surface area contributed by atoms with E-state index in [1.165, 1.54) is 10.6 Å². The lowest BCUT2D eigenvalue weighted by atomic mass is 10.1. The molecule has 0 aliphatic carbocycles. The summed E-state index contributed by atoms with van der Waals surface area (Å²) >= 11 is 0. The predicted molar refractivity (Wildman–Crippen MR) is 131 cm³/mol. The Balaban J connectivity index is 1.66. The van der Waals surface area contributed by atoms with Gasteiger partial charge in [-0.25, -0.2) is 27.6 Å². The lowest BCUT2D eigenvalue weighted by Crippen LogP contribution is -2.31. The average Bonchev–Trinajstić information content (AvgIpc) is 3.09. The van der Waals surface area contributed by atoms with Crippen LogP contribution in [0.25, 0.3) is 10.9 Å². The van der Waals surface area contributed by atoms with Crippen molar-refractivity contribution < 1.29 is 22.5 Å². The third-order valence-corrected chi connectivity index (χ3v) is 7.09. The van der Waals surface area contributed by atoms with Gasteiger partial charge in [0.2, 0.25) is 15.9 Å². The third-order valence-electron chi connectivity index (χ3n) is 5.20. The van der Waals surface area contributed by atoms with Crippen LogP contribution in [0.3, 0.4) is 0 Å². The van der Waals surface area contributed by atoms with Crippen LogP contribution in [0.4, 0.5) is 17.2 Å². The number of nitrogens with zero attached hydrogens (tertiary/aromatic N) is 5. The average molecular weight is 507 g/mol. The van der Waals surface area contributed by atoms with Crippen molar-refractivity contribution in [1.29, 1.82) is 0 Å². The molecule has 0 amide bonds. The van der Waals surface area contributed by atoms with Crippen LogP contribution in [0.15, 0.2) is 41.2 Å². The summed E-state index contributed by atoms with van der Waals surface area (Å²) in [6.45, 7) is 1.87. The standard InChI is InChI=1S/C21H26N6O5S2/c1-13-8-14(26-33(2,3)29)9-16-19(13)20(24-12-23-16)25-15-6-5-7-22-21(15)32-18-11-27(10-17(18)28)34(4,30)31/h5-9,12,17-18,28H,10-11H2,1-4H3,(H,23,24,25)/t17-,18-/m1/s1. The fraction of sp³-hybridized carbons (Fsp3) is 0.381. The molecule has 4 rings (SSSR count). The first-order valence-electron chi connectivity index (χ1n) is 10.3. The number of nitrogens with one attached hydrogen (secondary N) is 1. The van der Waals surface area contributed by atoms with Gasteiger partial charge in [0, 0.05) is 40.4 Å². The zero-order valence-corrected chi connectivity index (χ0v) is 20.8. The molecule has 3 aromatic rings. The van der Waals surface area contributed by atoms with Crippen molar-refractivity contribution >= 4 is 47.8 Å². The summed E-state index contributed by atoms with van der Waals surface area (Å²) in [7, 11) is -5.78. The maximum atomic E-state index is 12.1. The lowest BCUT2D eigenvalue weighted by Gasteiger charge is -2.19. The number of fused-ring (bicyclic) bond motifs is 1. The number of hydrogen-bond acceptors (Lipinski definition) is 10. The van der Waals surface area contributed by atoms with E-state index in [4.69, 9.17) is 4.74 Å². The summed E-state index contributed by atoms with van der Waals surface area (Å²) in [6, 6.07) is 7.03. The molecule has 182 valence electrons. The summed E-state index contributed by atoms with van der Waals surface area (Å²) in [5.74, 6) is 0.708. The second kappa shape index (κ2) is 9.06. The maximum Gasteiger partial charge on any atom is 0.238 e. The summed E-state index contributed by atoms with van der Waals surface area (Å²) < 4.78 is 47.1. The zero-order chi connectivity index (χ0) is 24.7. The summed E-state index contributed by atoms with van der Waals surface area (Å²) in [4.78, 5) is 13.0. The van der Waals surface area contributed by atoms with Crippen molar-refractivity contribution in [1.82, 2.24) is 19.3 Å². The maximum absolute atomic E-state index is 12.1. The summed E-state index contributed by atoms with van der Waals surface area (Å²) in [5.41, 5.74) is 2.53. The van der Waals surface area contributed by atoms with Crippen LogP contribution in [0, 0.1) is 6.92 Å². The van der Waals surface area contributed by atoms with E-state index in [0.717, 1.165) is 17.2 Å². The Morgan fingerprint density at radius 2 is 1.91 bits per heavy atom. The number of aromatic nitrogens is 3. The molecule has 0 saturated carbocycles. The van der Waals surface area contributed by atoms with E-state index in [0.29, 0.717) is 22.7 Å². The van der Waals surface area contributed by atoms with Crippen molar-refractivity contribution in [2.75, 3.05) is 37.2 Å². The van der Waals surface area contributed by atoms with Gasteiger partial charge in [-0.15, -0.1) is 0 Å². The number of hydrogen-bond donors (Lipinski definition) is 2. The number of benzene rings is 1. The molecular weight excluding hydrogens is 480 g/mol. The Bertz CT molecular complexity index is 1460. The van der Waals surface area contributed by atoms with Gasteiger partial charge in [-0.2, -0.15) is 8.67 Å². The fourth-order valence-electron chi connectivity index (χ4n) is 3.74. The quantitative estimate of drug-likeness (QED) is 0.511. The molecule has 1 aliphatic rings. The second-order valence-electron chi connectivity index (χ2n) is 8.44. The highest BCUT2D eigenvalue weighted by atomic mass is 32.2. The molecule has 3 heterocycles. The van der Waals surface area contributed by atoms with Crippen molar-refractivity contribution in [3.63, 3.8) is 0 Å². The Labute approximate surface area is 198 Å². The van der Waals surface area contributed by atoms with Crippen LogP contribution in [0.5, 0.6) is 5.88 Å². The second-order valence-corrected chi connectivity index (χ2v) is 13.0. The first kappa shape index (κ1) is 24.3. The number of pyridine rings is 1. The number of anilines is 2. The molecular formula is C21H26N6O5S2. The van der Waals surface area contributed by atoms with Gasteiger partial charge < -0.3 is 15.2 Å². The number of ether oxygens (including phenoxy) is 1. The molecule has 2 atom stereocenters. The van der Waals surface area contributed by atoms with E-state index < -0.39 is 32.0 Å². The van der Waals surface area contributed by atoms with E-state index in [2.05, 4.69) is 24.6 Å². The highest BCUT2D eigenvalue weighted by Crippen LogP contribution is 2.33. The molecule has 13 heteroatoms. The van der Waals surface area contributed by atoms with Gasteiger partial charge in [0.1, 0.15) is 30.0 Å². The van der Waals surface area contributed by atoms with E-state index in [1.54, 1.807) is 36.9 Å². The Kier molecular flexibility index (Phi) is 6.46. The predicted octanol–water partition coefficient (Wildman–Crippen LogP) is 1.82. The fourth-order valence-corrected chi connectivity index (χ4v) is 5.19. The highest BCUT2D eigenvalue weighted by molar-refractivity contribution is 7.92. The van der Waals surface area contributed by atoms with Gasteiger partial charge in [0.25, 0.3) is 0 Å². The molecule has 11 nitrogen and oxygen atoms in total. The van der Waals surface area contributed by atoms with E-state index in [1.807, 2.05) is 13.0 Å². The van der Waals surface area contributed by atoms with E-state index in [9.17, 15) is 17.7 Å². The molecule has 0 radical (unpaired) electrons. The monoisotopic (exact) mass is 506 g/mol. The van der Waals surface area contributed by atoms with Gasteiger partial charge in [-0.1, -0.05) is 0 Å². The number of sulfonamides is 1. The van der Waals surface area contributed by atoms with Crippen LogP contribution in [-0.4, -0.2) is 81.1 Å². The Morgan fingerprint density at radius 3 is 2.59 bits per heavy atom. The number of aliphatic hydroxyl groups excluding tert-OH is 1. The third kappa shape index (κ3) is 5.43. The van der Waals surface area contributed by atoms with E-state index in [-0.39, 0.29) is 19.0 Å². The van der Waals surface area contributed by atoms with Gasteiger partial charge in [-0.05, 0) is 36.8 Å². The van der Waals surface area contributed by atoms with Crippen LogP contribution in [0.2, 0.25) is 0 Å². The summed E-state index contributed by atoms with van der Waals surface area (Å²) in [5, 5.41) is 14.3. The minimum atomic E-state index is -3.45. The SMILES string of the molecule is Cc1cc(N=S(C)(C)=O)cc2ncnc(Nc3cccnc3O[C@@H]3CN(S(C)(=O)=O)C[C@H]3O)c12. The molecule has 1 fully saturated rings. The van der Waals surface area contributed by atoms with Gasteiger partial charge in [-0.3, -0.25) is 0 Å². The zero-order valence-electron chi connectivity index (χ0n) is 19.2. The number of rotatable bonds is 6. The molecule has 0 unspecified atom stereocenters. The molecule has 1 aliphatic heterocycles. The smallest absolute Gasteiger partial charge is 0.238 e. The molecule has 0 spiro atoms. The summed E-state index contributed by atoms with van der Waals surface area (Å²) in [6.07, 6.45) is 5.43. The topological polar surface area (TPSA) is 147 Å². The van der Waals surface area contributed by atoms with Gasteiger partial charge >= 0.3 is 0 Å². The molecule has 1 aromatic carbocycles. The number of aryl methyl sites for hydroxylation is 1. The van der Waals surface area contributed by atoms with Crippen LogP contribution < -0.4 is 10.1 Å². The van der Waals surface area contributed by atoms with E-state index >= 15 is 0 Å². The number of aliphatic hydroxyl groups is 1. The molecule has 1 saturated heterocycles. The molecule has 0 bridgehead atoms. The first-order valence-corrected chi connectivity index (χ1v) is 14.5. The minimum Gasteiger partial charge on any atom is -0.469 e. The van der Waals surface area contributed by atoms with Crippen LogP contribution >= 0.6 is 0 Å². The lowest BCUT2D eigenvalue weighted by molar-refractivity contribution is 0.0712. The first-order chi connectivity index (χ1) is 15.9. The Morgan fingerprint density at radius 1 is 1.15 bits per heavy atom. The molecule has 2 aromatic heterocycles. The van der Waals surface area contributed by atoms with Crippen molar-refractivity contribution in [3.8, 4) is 5.88 Å². The molecule has 2 N–H and O–H groups in total. The van der Waals surface area contributed by atoms with Crippen molar-refractivity contribution in [2.24, 2.45) is 4.36 Å². The Hall–Kier alpha value is -2.87. The molecule has 34 heavy (non-hydrogen) atoms. The largest absolute Gasteiger partial charge is 0.469 e. The number of β-amino-alcohol motifs (C(OH)–C–C–N with tert-alkyl or cyclic N) is 1. The van der Waals surface area contributed by atoms with Crippen molar-refractivity contribution in [3.05, 3.63) is 42.4 Å². The van der Waals surface area contributed by atoms with Crippen LogP contribution in [-0.2, 0) is 19.8 Å². The van der Waals surface area contributed by atoms with Gasteiger partial charge in [0.15, 0.2) is 0 Å². The minimum absolute atomic E-state index is 0.0237. The van der Waals surface area contributed by atoms with Crippen LogP contribution in [0.1, 0.15) is 5.56 Å². The van der Waals surface area contributed by atoms with Gasteiger partial charge in [0.05, 0.1) is 24.0 Å². The highest BCUT2D eigenvalue weighted by Gasteiger charge is 2.38. The van der Waals surface area contributed by atoms with Crippen molar-refractivity contribution in [2.45, 2.75) is 19.1 Å². The normalized spacial score (nSPS) is 19.3.